The molecule has 2 atom stereocenters. The molecule has 1 heterocycles. The second-order valence-electron chi connectivity index (χ2n) is 6.11. The first-order valence-corrected chi connectivity index (χ1v) is 6.53. The zero-order valence-corrected chi connectivity index (χ0v) is 11.8. The molecule has 1 saturated heterocycles. The highest BCUT2D eigenvalue weighted by molar-refractivity contribution is 5.75. The van der Waals surface area contributed by atoms with Gasteiger partial charge >= 0.3 is 5.97 Å². The van der Waals surface area contributed by atoms with Gasteiger partial charge in [0.2, 0.25) is 6.41 Å². The van der Waals surface area contributed by atoms with Crippen molar-refractivity contribution in [3.05, 3.63) is 0 Å². The summed E-state index contributed by atoms with van der Waals surface area (Å²) in [5.41, 5.74) is -1.17. The number of carboxylic acids is 1. The Labute approximate surface area is 109 Å². The average Bonchev–Trinajstić information content (AvgIpc) is 2.61. The van der Waals surface area contributed by atoms with Crippen LogP contribution < -0.4 is 0 Å². The van der Waals surface area contributed by atoms with Crippen molar-refractivity contribution in [3.8, 4) is 0 Å². The Kier molecular flexibility index (Phi) is 4.75. The normalized spacial score (nSPS) is 27.4. The molecule has 0 aromatic heterocycles. The molecule has 0 aromatic carbocycles. The quantitative estimate of drug-likeness (QED) is 0.735. The molecule has 0 saturated carbocycles. The number of likely N-dealkylation sites (tertiary alicyclic amines) is 1. The van der Waals surface area contributed by atoms with Gasteiger partial charge in [-0.05, 0) is 33.6 Å². The zero-order chi connectivity index (χ0) is 14.0. The summed E-state index contributed by atoms with van der Waals surface area (Å²) in [6.07, 6.45) is 1.01. The maximum atomic E-state index is 11.4. The standard InChI is InChI=1S/C13H25NO4/c1-5-6-13(10(15)16)7-8-14(9-13)11(17)18-12(2,3)4/h11,17H,5-9H2,1-4H3,(H,15,16)/t11-,13+/m1/s1. The summed E-state index contributed by atoms with van der Waals surface area (Å²) in [7, 11) is 0. The molecule has 0 aromatic rings. The number of hydrogen-bond donors (Lipinski definition) is 2. The first kappa shape index (κ1) is 15.4. The van der Waals surface area contributed by atoms with Gasteiger partial charge in [0.15, 0.2) is 0 Å². The first-order valence-electron chi connectivity index (χ1n) is 6.53. The van der Waals surface area contributed by atoms with Gasteiger partial charge in [-0.1, -0.05) is 13.3 Å². The van der Waals surface area contributed by atoms with E-state index in [0.29, 0.717) is 25.9 Å². The molecule has 106 valence electrons. The summed E-state index contributed by atoms with van der Waals surface area (Å²) in [4.78, 5) is 13.1. The Morgan fingerprint density at radius 3 is 2.56 bits per heavy atom. The molecule has 5 heteroatoms. The zero-order valence-electron chi connectivity index (χ0n) is 11.8. The number of aliphatic carboxylic acids is 1. The smallest absolute Gasteiger partial charge is 0.310 e. The molecule has 5 nitrogen and oxygen atoms in total. The number of nitrogens with zero attached hydrogens (tertiary/aromatic N) is 1. The van der Waals surface area contributed by atoms with Crippen molar-refractivity contribution in [2.75, 3.05) is 13.1 Å². The molecule has 1 aliphatic rings. The third-order valence-electron chi connectivity index (χ3n) is 3.34. The summed E-state index contributed by atoms with van der Waals surface area (Å²) in [5.74, 6) is -0.769. The maximum Gasteiger partial charge on any atom is 0.310 e. The van der Waals surface area contributed by atoms with Gasteiger partial charge in [0.25, 0.3) is 0 Å². The van der Waals surface area contributed by atoms with E-state index in [4.69, 9.17) is 4.74 Å². The largest absolute Gasteiger partial charge is 0.481 e. The molecular weight excluding hydrogens is 234 g/mol. The Bertz CT molecular complexity index is 300. The Morgan fingerprint density at radius 1 is 1.50 bits per heavy atom. The van der Waals surface area contributed by atoms with Crippen molar-refractivity contribution in [2.45, 2.75) is 59.0 Å². The highest BCUT2D eigenvalue weighted by atomic mass is 16.6. The van der Waals surface area contributed by atoms with Gasteiger partial charge in [-0.3, -0.25) is 9.69 Å². The predicted octanol–water partition coefficient (Wildman–Crippen LogP) is 1.65. The number of aliphatic hydroxyl groups excluding tert-OH is 1. The number of hydrogen-bond acceptors (Lipinski definition) is 4. The fourth-order valence-corrected chi connectivity index (χ4v) is 2.45. The first-order chi connectivity index (χ1) is 8.20. The van der Waals surface area contributed by atoms with Crippen LogP contribution in [-0.4, -0.2) is 46.2 Å². The number of carbonyl (C=O) groups is 1. The van der Waals surface area contributed by atoms with Crippen LogP contribution in [0.1, 0.15) is 47.0 Å². The van der Waals surface area contributed by atoms with E-state index >= 15 is 0 Å². The van der Waals surface area contributed by atoms with Crippen LogP contribution in [-0.2, 0) is 9.53 Å². The second-order valence-corrected chi connectivity index (χ2v) is 6.11. The van der Waals surface area contributed by atoms with Crippen LogP contribution >= 0.6 is 0 Å². The molecule has 0 spiro atoms. The van der Waals surface area contributed by atoms with Crippen molar-refractivity contribution in [3.63, 3.8) is 0 Å². The Balaban J connectivity index is 2.66. The van der Waals surface area contributed by atoms with Crippen molar-refractivity contribution in [1.29, 1.82) is 0 Å². The second kappa shape index (κ2) is 5.55. The monoisotopic (exact) mass is 259 g/mol. The summed E-state index contributed by atoms with van der Waals surface area (Å²) in [6, 6.07) is 0. The van der Waals surface area contributed by atoms with E-state index in [1.54, 1.807) is 4.90 Å². The molecule has 1 aliphatic heterocycles. The highest BCUT2D eigenvalue weighted by Crippen LogP contribution is 2.36. The average molecular weight is 259 g/mol. The number of carboxylic acid groups (broad SMARTS) is 1. The third kappa shape index (κ3) is 3.67. The lowest BCUT2D eigenvalue weighted by Gasteiger charge is -2.31. The van der Waals surface area contributed by atoms with E-state index in [-0.39, 0.29) is 0 Å². The lowest BCUT2D eigenvalue weighted by atomic mass is 9.83. The van der Waals surface area contributed by atoms with E-state index in [1.807, 2.05) is 27.7 Å². The molecule has 0 bridgehead atoms. The minimum Gasteiger partial charge on any atom is -0.481 e. The van der Waals surface area contributed by atoms with Gasteiger partial charge in [-0.25, -0.2) is 0 Å². The van der Waals surface area contributed by atoms with Crippen LogP contribution in [0.2, 0.25) is 0 Å². The number of aliphatic hydroxyl groups is 1. The van der Waals surface area contributed by atoms with E-state index in [2.05, 4.69) is 0 Å². The molecule has 1 fully saturated rings. The van der Waals surface area contributed by atoms with Gasteiger partial charge in [-0.15, -0.1) is 0 Å². The SMILES string of the molecule is CCC[C@]1(C(=O)O)CCN([C@H](O)OC(C)(C)C)C1. The van der Waals surface area contributed by atoms with Gasteiger partial charge in [-0.2, -0.15) is 0 Å². The van der Waals surface area contributed by atoms with Crippen LogP contribution in [0.4, 0.5) is 0 Å². The van der Waals surface area contributed by atoms with Gasteiger partial charge in [0.05, 0.1) is 11.0 Å². The fraction of sp³-hybridized carbons (Fsp3) is 0.923. The Hall–Kier alpha value is -0.650. The van der Waals surface area contributed by atoms with Crippen LogP contribution in [0.3, 0.4) is 0 Å². The highest BCUT2D eigenvalue weighted by Gasteiger charge is 2.46. The van der Waals surface area contributed by atoms with Crippen molar-refractivity contribution < 1.29 is 19.7 Å². The van der Waals surface area contributed by atoms with Crippen molar-refractivity contribution in [1.82, 2.24) is 4.90 Å². The van der Waals surface area contributed by atoms with E-state index in [9.17, 15) is 15.0 Å². The van der Waals surface area contributed by atoms with E-state index in [1.165, 1.54) is 0 Å². The molecule has 0 unspecified atom stereocenters. The molecule has 0 radical (unpaired) electrons. The summed E-state index contributed by atoms with van der Waals surface area (Å²) in [5, 5.41) is 19.4. The van der Waals surface area contributed by atoms with Crippen molar-refractivity contribution >= 4 is 5.97 Å². The minimum absolute atomic E-state index is 0.355. The van der Waals surface area contributed by atoms with Crippen LogP contribution in [0.5, 0.6) is 0 Å². The summed E-state index contributed by atoms with van der Waals surface area (Å²) >= 11 is 0. The number of ether oxygens (including phenoxy) is 1. The van der Waals surface area contributed by atoms with Gasteiger partial charge < -0.3 is 14.9 Å². The minimum atomic E-state index is -1.02. The number of rotatable bonds is 5. The van der Waals surface area contributed by atoms with Crippen molar-refractivity contribution in [2.24, 2.45) is 5.41 Å². The fourth-order valence-electron chi connectivity index (χ4n) is 2.45. The third-order valence-corrected chi connectivity index (χ3v) is 3.34. The molecule has 1 rings (SSSR count). The molecule has 18 heavy (non-hydrogen) atoms. The van der Waals surface area contributed by atoms with E-state index in [0.717, 1.165) is 6.42 Å². The topological polar surface area (TPSA) is 70.0 Å². The summed E-state index contributed by atoms with van der Waals surface area (Å²) < 4.78 is 5.46. The summed E-state index contributed by atoms with van der Waals surface area (Å²) in [6.45, 7) is 8.49. The molecular formula is C13H25NO4. The molecule has 0 aliphatic carbocycles. The van der Waals surface area contributed by atoms with Crippen LogP contribution in [0.15, 0.2) is 0 Å². The van der Waals surface area contributed by atoms with Gasteiger partial charge in [0.1, 0.15) is 0 Å². The molecule has 2 N–H and O–H groups in total. The predicted molar refractivity (Wildman–Crippen MR) is 68.0 cm³/mol. The maximum absolute atomic E-state index is 11.4. The van der Waals surface area contributed by atoms with Crippen LogP contribution in [0.25, 0.3) is 0 Å². The van der Waals surface area contributed by atoms with E-state index < -0.39 is 23.4 Å². The van der Waals surface area contributed by atoms with Crippen LogP contribution in [0, 0.1) is 5.41 Å². The molecule has 0 amide bonds. The lowest BCUT2D eigenvalue weighted by molar-refractivity contribution is -0.235. The lowest BCUT2D eigenvalue weighted by Crippen LogP contribution is -2.43. The van der Waals surface area contributed by atoms with Gasteiger partial charge in [0, 0.05) is 13.1 Å². The Morgan fingerprint density at radius 2 is 2.11 bits per heavy atom.